The van der Waals surface area contributed by atoms with Crippen molar-refractivity contribution < 1.29 is 9.59 Å². The van der Waals surface area contributed by atoms with Crippen molar-refractivity contribution >= 4 is 11.9 Å². The highest BCUT2D eigenvalue weighted by atomic mass is 16.2. The Morgan fingerprint density at radius 1 is 1.24 bits per heavy atom. The summed E-state index contributed by atoms with van der Waals surface area (Å²) in [6.45, 7) is 4.83. The van der Waals surface area contributed by atoms with Gasteiger partial charge in [-0.2, -0.15) is 0 Å². The molecule has 0 saturated carbocycles. The maximum absolute atomic E-state index is 12.2. The van der Waals surface area contributed by atoms with Crippen LogP contribution in [-0.4, -0.2) is 48.1 Å². The lowest BCUT2D eigenvalue weighted by Crippen LogP contribution is -2.56. The van der Waals surface area contributed by atoms with Crippen LogP contribution in [0.5, 0.6) is 0 Å². The molecule has 2 aliphatic heterocycles. The Kier molecular flexibility index (Phi) is 5.91. The monoisotopic (exact) mass is 344 g/mol. The Bertz CT molecular complexity index is 592. The largest absolute Gasteiger partial charge is 0.354 e. The third kappa shape index (κ3) is 4.95. The Morgan fingerprint density at radius 2 is 2.04 bits per heavy atom. The van der Waals surface area contributed by atoms with Crippen LogP contribution in [0.2, 0.25) is 0 Å². The van der Waals surface area contributed by atoms with E-state index in [1.54, 1.807) is 0 Å². The maximum Gasteiger partial charge on any atom is 0.315 e. The molecule has 3 unspecified atom stereocenters. The van der Waals surface area contributed by atoms with Gasteiger partial charge in [0.2, 0.25) is 5.91 Å². The van der Waals surface area contributed by atoms with Gasteiger partial charge < -0.3 is 16.0 Å². The number of nitrogens with zero attached hydrogens (tertiary/aromatic N) is 1. The van der Waals surface area contributed by atoms with Gasteiger partial charge in [0.15, 0.2) is 0 Å². The molecule has 0 radical (unpaired) electrons. The molecule has 0 aromatic heterocycles. The minimum Gasteiger partial charge on any atom is -0.354 e. The number of nitrogens with one attached hydrogen (secondary N) is 3. The van der Waals surface area contributed by atoms with Crippen LogP contribution in [0.15, 0.2) is 30.3 Å². The van der Waals surface area contributed by atoms with Crippen molar-refractivity contribution in [3.63, 3.8) is 0 Å². The number of piperidine rings is 2. The third-order valence-electron chi connectivity index (χ3n) is 5.17. The zero-order valence-electron chi connectivity index (χ0n) is 14.8. The fraction of sp³-hybridized carbons (Fsp3) is 0.579. The van der Waals surface area contributed by atoms with E-state index in [-0.39, 0.29) is 18.0 Å². The van der Waals surface area contributed by atoms with Gasteiger partial charge in [0.25, 0.3) is 0 Å². The summed E-state index contributed by atoms with van der Waals surface area (Å²) in [6.07, 6.45) is 3.48. The van der Waals surface area contributed by atoms with Gasteiger partial charge in [0.1, 0.15) is 6.04 Å². The predicted octanol–water partition coefficient (Wildman–Crippen LogP) is 1.62. The van der Waals surface area contributed by atoms with Crippen molar-refractivity contribution in [2.45, 2.75) is 57.3 Å². The van der Waals surface area contributed by atoms with Crippen LogP contribution < -0.4 is 16.0 Å². The van der Waals surface area contributed by atoms with Crippen molar-refractivity contribution in [1.82, 2.24) is 20.9 Å². The second-order valence-electron chi connectivity index (χ2n) is 7.13. The van der Waals surface area contributed by atoms with Crippen LogP contribution in [0.4, 0.5) is 4.79 Å². The SMILES string of the molecule is CC1CC(NC(=O)NC2CCCNC2=O)CCN1Cc1ccccc1. The number of benzene rings is 1. The molecule has 136 valence electrons. The van der Waals surface area contributed by atoms with E-state index in [1.165, 1.54) is 5.56 Å². The van der Waals surface area contributed by atoms with Gasteiger partial charge in [-0.25, -0.2) is 4.79 Å². The molecular formula is C19H28N4O2. The molecule has 25 heavy (non-hydrogen) atoms. The molecule has 2 saturated heterocycles. The molecule has 2 fully saturated rings. The van der Waals surface area contributed by atoms with Crippen LogP contribution in [0.1, 0.15) is 38.2 Å². The van der Waals surface area contributed by atoms with Gasteiger partial charge in [-0.05, 0) is 38.2 Å². The standard InChI is InChI=1S/C19H28N4O2/c1-14-12-16(9-11-23(14)13-15-6-3-2-4-7-15)21-19(25)22-17-8-5-10-20-18(17)24/h2-4,6-7,14,16-17H,5,8-13H2,1H3,(H,20,24)(H2,21,22,25). The van der Waals surface area contributed by atoms with E-state index < -0.39 is 6.04 Å². The number of hydrogen-bond donors (Lipinski definition) is 3. The third-order valence-corrected chi connectivity index (χ3v) is 5.17. The first-order chi connectivity index (χ1) is 12.1. The van der Waals surface area contributed by atoms with Crippen molar-refractivity contribution in [1.29, 1.82) is 0 Å². The van der Waals surface area contributed by atoms with Crippen LogP contribution in [0.3, 0.4) is 0 Å². The highest BCUT2D eigenvalue weighted by Crippen LogP contribution is 2.20. The molecule has 6 heteroatoms. The quantitative estimate of drug-likeness (QED) is 0.777. The second-order valence-corrected chi connectivity index (χ2v) is 7.13. The Hall–Kier alpha value is -2.08. The van der Waals surface area contributed by atoms with Gasteiger partial charge in [0, 0.05) is 31.7 Å². The Morgan fingerprint density at radius 3 is 2.76 bits per heavy atom. The fourth-order valence-corrected chi connectivity index (χ4v) is 3.70. The molecule has 1 aromatic rings. The van der Waals surface area contributed by atoms with Crippen molar-refractivity contribution in [2.24, 2.45) is 0 Å². The van der Waals surface area contributed by atoms with Gasteiger partial charge >= 0.3 is 6.03 Å². The number of carbonyl (C=O) groups excluding carboxylic acids is 2. The number of carbonyl (C=O) groups is 2. The maximum atomic E-state index is 12.2. The van der Waals surface area contributed by atoms with Gasteiger partial charge in [-0.15, -0.1) is 0 Å². The topological polar surface area (TPSA) is 73.5 Å². The first kappa shape index (κ1) is 17.7. The van der Waals surface area contributed by atoms with Gasteiger partial charge in [-0.1, -0.05) is 30.3 Å². The number of urea groups is 1. The highest BCUT2D eigenvalue weighted by molar-refractivity contribution is 5.87. The summed E-state index contributed by atoms with van der Waals surface area (Å²) < 4.78 is 0. The number of hydrogen-bond acceptors (Lipinski definition) is 3. The smallest absolute Gasteiger partial charge is 0.315 e. The molecule has 0 aliphatic carbocycles. The van der Waals surface area contributed by atoms with Crippen molar-refractivity contribution in [2.75, 3.05) is 13.1 Å². The predicted molar refractivity (Wildman–Crippen MR) is 97.0 cm³/mol. The lowest BCUT2D eigenvalue weighted by atomic mass is 9.97. The average molecular weight is 344 g/mol. The average Bonchev–Trinajstić information content (AvgIpc) is 2.60. The molecule has 3 rings (SSSR count). The minimum atomic E-state index is -0.399. The van der Waals surface area contributed by atoms with E-state index in [9.17, 15) is 9.59 Å². The summed E-state index contributed by atoms with van der Waals surface area (Å²) in [5.41, 5.74) is 1.32. The molecular weight excluding hydrogens is 316 g/mol. The van der Waals surface area contributed by atoms with E-state index in [0.717, 1.165) is 32.4 Å². The van der Waals surface area contributed by atoms with Crippen LogP contribution in [-0.2, 0) is 11.3 Å². The molecule has 6 nitrogen and oxygen atoms in total. The van der Waals surface area contributed by atoms with E-state index >= 15 is 0 Å². The lowest BCUT2D eigenvalue weighted by molar-refractivity contribution is -0.124. The summed E-state index contributed by atoms with van der Waals surface area (Å²) in [4.78, 5) is 26.4. The molecule has 3 atom stereocenters. The molecule has 1 aromatic carbocycles. The van der Waals surface area contributed by atoms with Gasteiger partial charge in [-0.3, -0.25) is 9.69 Å². The normalized spacial score (nSPS) is 27.4. The first-order valence-corrected chi connectivity index (χ1v) is 9.24. The molecule has 0 bridgehead atoms. The highest BCUT2D eigenvalue weighted by Gasteiger charge is 2.28. The Balaban J connectivity index is 1.44. The van der Waals surface area contributed by atoms with Crippen molar-refractivity contribution in [3.05, 3.63) is 35.9 Å². The summed E-state index contributed by atoms with van der Waals surface area (Å²) in [5.74, 6) is -0.0764. The molecule has 0 spiro atoms. The molecule has 3 amide bonds. The summed E-state index contributed by atoms with van der Waals surface area (Å²) in [6, 6.07) is 10.4. The van der Waals surface area contributed by atoms with Crippen LogP contribution >= 0.6 is 0 Å². The fourth-order valence-electron chi connectivity index (χ4n) is 3.70. The van der Waals surface area contributed by atoms with E-state index in [2.05, 4.69) is 52.0 Å². The number of rotatable bonds is 4. The summed E-state index contributed by atoms with van der Waals surface area (Å²) in [7, 11) is 0. The summed E-state index contributed by atoms with van der Waals surface area (Å²) in [5, 5.41) is 8.64. The lowest BCUT2D eigenvalue weighted by Gasteiger charge is -2.38. The van der Waals surface area contributed by atoms with Gasteiger partial charge in [0.05, 0.1) is 0 Å². The van der Waals surface area contributed by atoms with E-state index in [1.807, 2.05) is 6.07 Å². The first-order valence-electron chi connectivity index (χ1n) is 9.24. The molecule has 3 N–H and O–H groups in total. The zero-order valence-corrected chi connectivity index (χ0v) is 14.8. The van der Waals surface area contributed by atoms with Crippen LogP contribution in [0, 0.1) is 0 Å². The zero-order chi connectivity index (χ0) is 17.6. The van der Waals surface area contributed by atoms with E-state index in [4.69, 9.17) is 0 Å². The Labute approximate surface area is 149 Å². The molecule has 2 heterocycles. The number of amides is 3. The second kappa shape index (κ2) is 8.34. The minimum absolute atomic E-state index is 0.0764. The van der Waals surface area contributed by atoms with Crippen LogP contribution in [0.25, 0.3) is 0 Å². The number of likely N-dealkylation sites (tertiary alicyclic amines) is 1. The summed E-state index contributed by atoms with van der Waals surface area (Å²) >= 11 is 0. The van der Waals surface area contributed by atoms with E-state index in [0.29, 0.717) is 19.0 Å². The molecule has 2 aliphatic rings. The van der Waals surface area contributed by atoms with Crippen molar-refractivity contribution in [3.8, 4) is 0 Å².